The minimum Gasteiger partial charge on any atom is -0.378 e. The van der Waals surface area contributed by atoms with Crippen LogP contribution in [0.2, 0.25) is 13.1 Å². The molecule has 1 aromatic heterocycles. The second-order valence-corrected chi connectivity index (χ2v) is 13.6. The smallest absolute Gasteiger partial charge is 0.113 e. The number of nitrogens with zero attached hydrogens (tertiary/aromatic N) is 2. The number of rotatable bonds is 3. The molecule has 0 bridgehead atoms. The average Bonchev–Trinajstić information content (AvgIpc) is 3.15. The van der Waals surface area contributed by atoms with Gasteiger partial charge in [0.05, 0.1) is 0 Å². The van der Waals surface area contributed by atoms with Crippen molar-refractivity contribution in [2.75, 3.05) is 38.0 Å². The maximum Gasteiger partial charge on any atom is 0.113 e. The standard InChI is InChI=1S/C23H28N2SSi/c1-24(2)17-7-9-19-21(13-17)27(5,6)22-14-18(25(3)4)8-10-20(22)23(19)16-11-12-26-15-16/h7-15,23H,1-6H3. The molecule has 3 aromatic rings. The predicted molar refractivity (Wildman–Crippen MR) is 124 cm³/mol. The highest BCUT2D eigenvalue weighted by Crippen LogP contribution is 2.38. The third-order valence-electron chi connectivity index (χ3n) is 5.95. The summed E-state index contributed by atoms with van der Waals surface area (Å²) in [5.74, 6) is 0.342. The van der Waals surface area contributed by atoms with Crippen molar-refractivity contribution in [3.05, 3.63) is 69.9 Å². The fraction of sp³-hybridized carbons (Fsp3) is 0.304. The molecule has 2 aromatic carbocycles. The fourth-order valence-electron chi connectivity index (χ4n) is 4.34. The van der Waals surface area contributed by atoms with Crippen molar-refractivity contribution < 1.29 is 0 Å². The lowest BCUT2D eigenvalue weighted by molar-refractivity contribution is 0.986. The third kappa shape index (κ3) is 2.91. The molecule has 0 radical (unpaired) electrons. The molecular formula is C23H28N2SSi. The zero-order valence-electron chi connectivity index (χ0n) is 17.1. The Morgan fingerprint density at radius 2 is 1.30 bits per heavy atom. The highest BCUT2D eigenvalue weighted by Gasteiger charge is 2.40. The predicted octanol–water partition coefficient (Wildman–Crippen LogP) is 4.20. The molecule has 0 saturated carbocycles. The lowest BCUT2D eigenvalue weighted by atomic mass is 9.85. The molecule has 0 amide bonds. The normalized spacial score (nSPS) is 15.2. The van der Waals surface area contributed by atoms with E-state index in [1.54, 1.807) is 21.7 Å². The van der Waals surface area contributed by atoms with Gasteiger partial charge in [-0.15, -0.1) is 0 Å². The number of hydrogen-bond acceptors (Lipinski definition) is 3. The summed E-state index contributed by atoms with van der Waals surface area (Å²) in [6, 6.07) is 16.5. The zero-order valence-corrected chi connectivity index (χ0v) is 18.9. The molecule has 0 atom stereocenters. The summed E-state index contributed by atoms with van der Waals surface area (Å²) < 4.78 is 0. The van der Waals surface area contributed by atoms with E-state index in [0.717, 1.165) is 0 Å². The van der Waals surface area contributed by atoms with E-state index in [4.69, 9.17) is 0 Å². The van der Waals surface area contributed by atoms with Gasteiger partial charge in [-0.3, -0.25) is 0 Å². The van der Waals surface area contributed by atoms with Crippen LogP contribution in [0, 0.1) is 0 Å². The van der Waals surface area contributed by atoms with Crippen molar-refractivity contribution in [2.24, 2.45) is 0 Å². The third-order valence-corrected chi connectivity index (χ3v) is 10.2. The lowest BCUT2D eigenvalue weighted by Crippen LogP contribution is -2.59. The van der Waals surface area contributed by atoms with E-state index in [0.29, 0.717) is 5.92 Å². The van der Waals surface area contributed by atoms with E-state index < -0.39 is 8.07 Å². The van der Waals surface area contributed by atoms with Gasteiger partial charge in [-0.25, -0.2) is 0 Å². The topological polar surface area (TPSA) is 6.48 Å². The molecule has 27 heavy (non-hydrogen) atoms. The monoisotopic (exact) mass is 392 g/mol. The van der Waals surface area contributed by atoms with E-state index in [1.807, 2.05) is 0 Å². The molecule has 1 aliphatic heterocycles. The summed E-state index contributed by atoms with van der Waals surface area (Å²) in [7, 11) is 6.74. The Hall–Kier alpha value is -2.04. The van der Waals surface area contributed by atoms with Crippen LogP contribution in [0.25, 0.3) is 0 Å². The molecule has 0 aliphatic carbocycles. The molecule has 2 heterocycles. The Kier molecular flexibility index (Phi) is 4.44. The summed E-state index contributed by atoms with van der Waals surface area (Å²) in [5, 5.41) is 7.67. The maximum atomic E-state index is 2.51. The highest BCUT2D eigenvalue weighted by atomic mass is 32.1. The van der Waals surface area contributed by atoms with E-state index in [2.05, 4.69) is 104 Å². The molecule has 140 valence electrons. The summed E-state index contributed by atoms with van der Waals surface area (Å²) in [4.78, 5) is 4.44. The fourth-order valence-corrected chi connectivity index (χ4v) is 8.23. The van der Waals surface area contributed by atoms with Crippen molar-refractivity contribution in [1.82, 2.24) is 0 Å². The van der Waals surface area contributed by atoms with Gasteiger partial charge in [0, 0.05) is 45.5 Å². The van der Waals surface area contributed by atoms with Crippen LogP contribution in [0.1, 0.15) is 22.6 Å². The number of anilines is 2. The van der Waals surface area contributed by atoms with Crippen molar-refractivity contribution >= 4 is 41.2 Å². The van der Waals surface area contributed by atoms with E-state index >= 15 is 0 Å². The molecule has 4 rings (SSSR count). The van der Waals surface area contributed by atoms with Gasteiger partial charge in [0.1, 0.15) is 8.07 Å². The van der Waals surface area contributed by atoms with Gasteiger partial charge in [0.2, 0.25) is 0 Å². The molecule has 2 nitrogen and oxygen atoms in total. The van der Waals surface area contributed by atoms with Crippen molar-refractivity contribution in [3.8, 4) is 0 Å². The van der Waals surface area contributed by atoms with Gasteiger partial charge in [-0.1, -0.05) is 25.2 Å². The van der Waals surface area contributed by atoms with Gasteiger partial charge < -0.3 is 9.80 Å². The van der Waals surface area contributed by atoms with Crippen LogP contribution < -0.4 is 20.2 Å². The SMILES string of the molecule is CN(C)c1ccc2c(c1)[Si](C)(C)c1cc(N(C)C)ccc1C2c1ccsc1. The molecule has 0 spiro atoms. The largest absolute Gasteiger partial charge is 0.378 e. The first-order chi connectivity index (χ1) is 12.8. The van der Waals surface area contributed by atoms with Gasteiger partial charge >= 0.3 is 0 Å². The van der Waals surface area contributed by atoms with Crippen LogP contribution >= 0.6 is 11.3 Å². The Balaban J connectivity index is 2.01. The minimum absolute atomic E-state index is 0.342. The molecule has 4 heteroatoms. The average molecular weight is 393 g/mol. The first kappa shape index (κ1) is 18.3. The molecule has 0 unspecified atom stereocenters. The first-order valence-electron chi connectivity index (χ1n) is 9.46. The van der Waals surface area contributed by atoms with Crippen molar-refractivity contribution in [3.63, 3.8) is 0 Å². The van der Waals surface area contributed by atoms with E-state index in [-0.39, 0.29) is 0 Å². The van der Waals surface area contributed by atoms with Gasteiger partial charge in [-0.2, -0.15) is 11.3 Å². The lowest BCUT2D eigenvalue weighted by Gasteiger charge is -2.39. The second-order valence-electron chi connectivity index (χ2n) is 8.45. The Bertz CT molecular complexity index is 913. The quantitative estimate of drug-likeness (QED) is 0.617. The van der Waals surface area contributed by atoms with Gasteiger partial charge in [0.25, 0.3) is 0 Å². The van der Waals surface area contributed by atoms with Crippen LogP contribution in [0.15, 0.2) is 53.2 Å². The summed E-state index contributed by atoms with van der Waals surface area (Å²) in [6.45, 7) is 5.01. The molecule has 1 aliphatic rings. The molecular weight excluding hydrogens is 364 g/mol. The number of thiophene rings is 1. The van der Waals surface area contributed by atoms with Crippen LogP contribution in [0.4, 0.5) is 11.4 Å². The van der Waals surface area contributed by atoms with Gasteiger partial charge in [0.15, 0.2) is 0 Å². The van der Waals surface area contributed by atoms with Crippen molar-refractivity contribution in [1.29, 1.82) is 0 Å². The highest BCUT2D eigenvalue weighted by molar-refractivity contribution is 7.08. The van der Waals surface area contributed by atoms with Gasteiger partial charge in [-0.05, 0) is 68.2 Å². The number of fused-ring (bicyclic) bond motifs is 2. The molecule has 0 fully saturated rings. The van der Waals surface area contributed by atoms with E-state index in [1.165, 1.54) is 28.1 Å². The molecule has 0 saturated heterocycles. The van der Waals surface area contributed by atoms with Crippen LogP contribution in [-0.2, 0) is 0 Å². The maximum absolute atomic E-state index is 2.51. The summed E-state index contributed by atoms with van der Waals surface area (Å²) in [5.41, 5.74) is 7.01. The molecule has 0 N–H and O–H groups in total. The summed E-state index contributed by atoms with van der Waals surface area (Å²) >= 11 is 1.79. The van der Waals surface area contributed by atoms with Crippen LogP contribution in [0.5, 0.6) is 0 Å². The number of hydrogen-bond donors (Lipinski definition) is 0. The van der Waals surface area contributed by atoms with Crippen LogP contribution in [-0.4, -0.2) is 36.3 Å². The Morgan fingerprint density at radius 3 is 1.70 bits per heavy atom. The first-order valence-corrected chi connectivity index (χ1v) is 13.4. The Labute approximate surface area is 168 Å². The summed E-state index contributed by atoms with van der Waals surface area (Å²) in [6.07, 6.45) is 0. The van der Waals surface area contributed by atoms with Crippen LogP contribution in [0.3, 0.4) is 0 Å². The Morgan fingerprint density at radius 1 is 0.778 bits per heavy atom. The van der Waals surface area contributed by atoms with Crippen molar-refractivity contribution in [2.45, 2.75) is 19.0 Å². The zero-order chi connectivity index (χ0) is 19.3. The number of benzene rings is 2. The second kappa shape index (κ2) is 6.53. The van der Waals surface area contributed by atoms with E-state index in [9.17, 15) is 0 Å². The minimum atomic E-state index is -1.79.